The number of aryl methyl sites for hydroxylation is 1. The fourth-order valence-corrected chi connectivity index (χ4v) is 9.04. The van der Waals surface area contributed by atoms with Crippen LogP contribution in [0.25, 0.3) is 11.0 Å². The van der Waals surface area contributed by atoms with Crippen LogP contribution in [0.2, 0.25) is 0 Å². The van der Waals surface area contributed by atoms with Crippen molar-refractivity contribution < 1.29 is 27.2 Å². The van der Waals surface area contributed by atoms with E-state index in [1.165, 1.54) is 36.9 Å². The summed E-state index contributed by atoms with van der Waals surface area (Å²) >= 11 is 5.52. The molecular weight excluding hydrogens is 853 g/mol. The summed E-state index contributed by atoms with van der Waals surface area (Å²) in [4.78, 5) is 59.4. The first-order chi connectivity index (χ1) is 30.5. The highest BCUT2D eigenvalue weighted by atomic mass is 32.1. The van der Waals surface area contributed by atoms with Gasteiger partial charge >= 0.3 is 6.18 Å². The lowest BCUT2D eigenvalue weighted by Crippen LogP contribution is -2.48. The lowest BCUT2D eigenvalue weighted by Gasteiger charge is -2.39. The van der Waals surface area contributed by atoms with E-state index in [2.05, 4.69) is 45.2 Å². The van der Waals surface area contributed by atoms with Gasteiger partial charge in [-0.1, -0.05) is 6.92 Å². The summed E-state index contributed by atoms with van der Waals surface area (Å²) in [6.07, 6.45) is 0.564. The van der Waals surface area contributed by atoms with E-state index in [9.17, 15) is 27.6 Å². The second-order valence-corrected chi connectivity index (χ2v) is 17.0. The predicted molar refractivity (Wildman–Crippen MR) is 235 cm³/mol. The normalized spacial score (nSPS) is 17.6. The number of carbonyl (C=O) groups excluding carboxylic acids is 2. The van der Waals surface area contributed by atoms with Gasteiger partial charge in [-0.25, -0.2) is 9.37 Å². The molecule has 20 heteroatoms. The molecule has 7 heterocycles. The molecule has 0 spiro atoms. The third-order valence-electron chi connectivity index (χ3n) is 12.1. The van der Waals surface area contributed by atoms with Crippen LogP contribution >= 0.6 is 12.2 Å². The van der Waals surface area contributed by atoms with Crippen molar-refractivity contribution in [1.82, 2.24) is 34.9 Å². The van der Waals surface area contributed by atoms with Crippen LogP contribution in [0.3, 0.4) is 0 Å². The number of benzene rings is 1. The monoisotopic (exact) mass is 896 g/mol. The highest BCUT2D eigenvalue weighted by molar-refractivity contribution is 7.81. The van der Waals surface area contributed by atoms with E-state index >= 15 is 4.39 Å². The van der Waals surface area contributed by atoms with Crippen LogP contribution in [0.1, 0.15) is 66.4 Å². The average Bonchev–Trinajstić information content (AvgIpc) is 3.45. The smallest absolute Gasteiger partial charge is 0.355 e. The third kappa shape index (κ3) is 8.87. The fraction of sp³-hybridized carbons (Fsp3) is 0.386. The molecule has 5 aromatic rings. The SMILES string of the molecule is CCc1cc2ncc(CN3CCN(CC4CCN(c5ccc(NC(=O)c6ccc(N7C(=S)N(c8cnc(C#N)c(C(F)(F)F)c8)C(=O)C7(C)C)cc6F)nn5)CC4)CC3)cc2[nH]c1=O. The van der Waals surface area contributed by atoms with Crippen LogP contribution in [-0.4, -0.2) is 103 Å². The van der Waals surface area contributed by atoms with E-state index in [4.69, 9.17) is 17.5 Å². The Bertz CT molecular complexity index is 2730. The van der Waals surface area contributed by atoms with Crippen molar-refractivity contribution in [3.8, 4) is 6.07 Å². The first-order valence-electron chi connectivity index (χ1n) is 20.8. The van der Waals surface area contributed by atoms with E-state index in [-0.39, 0.29) is 33.4 Å². The number of aromatic amines is 1. The Labute approximate surface area is 370 Å². The van der Waals surface area contributed by atoms with Crippen LogP contribution in [0.4, 0.5) is 40.6 Å². The molecule has 0 atom stereocenters. The number of amides is 2. The number of nitrogens with zero attached hydrogens (tertiary/aromatic N) is 10. The molecule has 2 N–H and O–H groups in total. The van der Waals surface area contributed by atoms with Crippen molar-refractivity contribution >= 4 is 63.2 Å². The zero-order valence-corrected chi connectivity index (χ0v) is 36.1. The van der Waals surface area contributed by atoms with Crippen LogP contribution in [-0.2, 0) is 23.9 Å². The van der Waals surface area contributed by atoms with Crippen molar-refractivity contribution in [1.29, 1.82) is 5.26 Å². The molecule has 1 aromatic carbocycles. The van der Waals surface area contributed by atoms with E-state index in [0.717, 1.165) is 105 Å². The molecule has 3 fully saturated rings. The lowest BCUT2D eigenvalue weighted by molar-refractivity contribution is -0.138. The number of anilines is 4. The Morgan fingerprint density at radius 3 is 2.34 bits per heavy atom. The largest absolute Gasteiger partial charge is 0.419 e. The summed E-state index contributed by atoms with van der Waals surface area (Å²) in [7, 11) is 0. The van der Waals surface area contributed by atoms with Crippen LogP contribution < -0.4 is 25.6 Å². The number of pyridine rings is 3. The maximum atomic E-state index is 15.6. The van der Waals surface area contributed by atoms with Gasteiger partial charge in [0.15, 0.2) is 22.4 Å². The van der Waals surface area contributed by atoms with Gasteiger partial charge in [0, 0.05) is 69.8 Å². The molecule has 3 saturated heterocycles. The Hall–Kier alpha value is -6.43. The predicted octanol–water partition coefficient (Wildman–Crippen LogP) is 5.90. The summed E-state index contributed by atoms with van der Waals surface area (Å²) in [6, 6.07) is 12.9. The number of hydrogen-bond acceptors (Lipinski definition) is 12. The number of nitriles is 1. The minimum Gasteiger partial charge on any atom is -0.355 e. The standard InChI is InChI=1S/C44H44F4N12O3S/c1-4-28-18-34-35(52-39(28)61)17-27(22-50-34)25-57-15-13-56(14-16-57)24-26-9-11-58(12-10-26)38-8-7-37(54-55-38)53-40(62)31-6-5-29(20-33(31)45)60-42(64)59(41(63)43(60,2)3)30-19-32(44(46,47)48)36(21-49)51-23-30/h5-8,17-20,22-23,26H,4,9-16,24-25H2,1-3H3,(H,52,61)(H,53,54,62). The Kier molecular flexibility index (Phi) is 12.2. The van der Waals surface area contributed by atoms with Gasteiger partial charge in [-0.3, -0.25) is 29.2 Å². The number of piperazine rings is 1. The maximum absolute atomic E-state index is 15.6. The summed E-state index contributed by atoms with van der Waals surface area (Å²) in [6.45, 7) is 12.2. The van der Waals surface area contributed by atoms with Crippen LogP contribution in [0, 0.1) is 23.1 Å². The second-order valence-electron chi connectivity index (χ2n) is 16.7. The van der Waals surface area contributed by atoms with Crippen LogP contribution in [0.5, 0.6) is 0 Å². The van der Waals surface area contributed by atoms with Crippen molar-refractivity contribution in [2.24, 2.45) is 5.92 Å². The van der Waals surface area contributed by atoms with Gasteiger partial charge in [-0.15, -0.1) is 10.2 Å². The molecule has 332 valence electrons. The molecule has 0 bridgehead atoms. The number of fused-ring (bicyclic) bond motifs is 1. The molecule has 0 aliphatic carbocycles. The maximum Gasteiger partial charge on any atom is 0.419 e. The number of rotatable bonds is 10. The molecule has 64 heavy (non-hydrogen) atoms. The number of hydrogen-bond donors (Lipinski definition) is 2. The Morgan fingerprint density at radius 1 is 0.953 bits per heavy atom. The first-order valence-corrected chi connectivity index (χ1v) is 21.3. The minimum absolute atomic E-state index is 0.0586. The van der Waals surface area contributed by atoms with E-state index < -0.39 is 40.6 Å². The van der Waals surface area contributed by atoms with E-state index in [1.807, 2.05) is 25.3 Å². The summed E-state index contributed by atoms with van der Waals surface area (Å²) < 4.78 is 56.7. The number of thiocarbonyl (C=S) groups is 1. The van der Waals surface area contributed by atoms with Crippen molar-refractivity contribution in [3.63, 3.8) is 0 Å². The minimum atomic E-state index is -4.93. The highest BCUT2D eigenvalue weighted by Crippen LogP contribution is 2.39. The molecule has 4 aromatic heterocycles. The van der Waals surface area contributed by atoms with Gasteiger partial charge in [0.25, 0.3) is 17.4 Å². The zero-order valence-electron chi connectivity index (χ0n) is 35.2. The molecule has 0 radical (unpaired) electrons. The van der Waals surface area contributed by atoms with Crippen LogP contribution in [0.15, 0.2) is 65.7 Å². The highest BCUT2D eigenvalue weighted by Gasteiger charge is 2.51. The third-order valence-corrected chi connectivity index (χ3v) is 12.5. The molecular formula is C44H44F4N12O3S. The lowest BCUT2D eigenvalue weighted by atomic mass is 9.96. The molecule has 0 saturated carbocycles. The molecule has 15 nitrogen and oxygen atoms in total. The molecule has 3 aliphatic rings. The quantitative estimate of drug-likeness (QED) is 0.126. The number of nitrogens with one attached hydrogen (secondary N) is 2. The van der Waals surface area contributed by atoms with Crippen molar-refractivity contribution in [2.75, 3.05) is 65.8 Å². The number of aromatic nitrogens is 5. The second kappa shape index (κ2) is 17.6. The summed E-state index contributed by atoms with van der Waals surface area (Å²) in [5.41, 5.74) is -0.927. The number of H-pyrrole nitrogens is 1. The number of halogens is 4. The molecule has 3 aliphatic heterocycles. The Balaban J connectivity index is 0.819. The fourth-order valence-electron chi connectivity index (χ4n) is 8.52. The van der Waals surface area contributed by atoms with E-state index in [0.29, 0.717) is 24.2 Å². The number of carbonyl (C=O) groups is 2. The topological polar surface area (TPSA) is 171 Å². The van der Waals surface area contributed by atoms with Gasteiger partial charge < -0.3 is 25.0 Å². The van der Waals surface area contributed by atoms with Gasteiger partial charge in [0.05, 0.1) is 34.0 Å². The summed E-state index contributed by atoms with van der Waals surface area (Å²) in [5.74, 6) is -1.14. The zero-order chi connectivity index (χ0) is 45.5. The first kappa shape index (κ1) is 44.2. The summed E-state index contributed by atoms with van der Waals surface area (Å²) in [5, 5.41) is 20.0. The Morgan fingerprint density at radius 2 is 1.69 bits per heavy atom. The molecule has 0 unspecified atom stereocenters. The molecule has 2 amide bonds. The molecule has 8 rings (SSSR count). The average molecular weight is 897 g/mol. The van der Waals surface area contributed by atoms with Gasteiger partial charge in [-0.2, -0.15) is 18.4 Å². The van der Waals surface area contributed by atoms with Gasteiger partial charge in [-0.05, 0) is 105 Å². The van der Waals surface area contributed by atoms with Gasteiger partial charge in [0.1, 0.15) is 17.4 Å². The van der Waals surface area contributed by atoms with Crippen molar-refractivity contribution in [2.45, 2.75) is 58.3 Å². The van der Waals surface area contributed by atoms with Gasteiger partial charge in [0.2, 0.25) is 0 Å². The number of piperidine rings is 1. The van der Waals surface area contributed by atoms with Crippen molar-refractivity contribution in [3.05, 3.63) is 105 Å². The number of alkyl halides is 3. The van der Waals surface area contributed by atoms with E-state index in [1.54, 1.807) is 12.1 Å².